The predicted octanol–water partition coefficient (Wildman–Crippen LogP) is 1.69. The molecule has 0 bridgehead atoms. The first-order valence-electron chi connectivity index (χ1n) is 7.17. The molecule has 1 aliphatic heterocycles. The van der Waals surface area contributed by atoms with E-state index < -0.39 is 16.0 Å². The summed E-state index contributed by atoms with van der Waals surface area (Å²) in [6.45, 7) is 0.883. The molecule has 1 heterocycles. The minimum absolute atomic E-state index is 0.0152. The molecule has 1 aliphatic carbocycles. The summed E-state index contributed by atoms with van der Waals surface area (Å²) in [7, 11) is -3.19. The molecular formula is C13H23NO4S. The van der Waals surface area contributed by atoms with Gasteiger partial charge in [-0.25, -0.2) is 12.7 Å². The third kappa shape index (κ3) is 4.18. The Morgan fingerprint density at radius 3 is 2.42 bits per heavy atom. The van der Waals surface area contributed by atoms with E-state index in [1.54, 1.807) is 0 Å². The van der Waals surface area contributed by atoms with E-state index in [-0.39, 0.29) is 18.1 Å². The van der Waals surface area contributed by atoms with Crippen molar-refractivity contribution in [2.24, 2.45) is 11.8 Å². The monoisotopic (exact) mass is 289 g/mol. The number of rotatable bonds is 5. The van der Waals surface area contributed by atoms with Crippen molar-refractivity contribution in [1.29, 1.82) is 0 Å². The lowest BCUT2D eigenvalue weighted by molar-refractivity contribution is -0.137. The van der Waals surface area contributed by atoms with Crippen LogP contribution in [-0.2, 0) is 14.8 Å². The van der Waals surface area contributed by atoms with E-state index in [1.165, 1.54) is 10.7 Å². The van der Waals surface area contributed by atoms with E-state index in [1.807, 2.05) is 0 Å². The van der Waals surface area contributed by atoms with E-state index in [0.717, 1.165) is 25.7 Å². The topological polar surface area (TPSA) is 74.7 Å². The second kappa shape index (κ2) is 6.22. The average Bonchev–Trinajstić information content (AvgIpc) is 2.78. The highest BCUT2D eigenvalue weighted by molar-refractivity contribution is 7.89. The van der Waals surface area contributed by atoms with E-state index >= 15 is 0 Å². The zero-order chi connectivity index (χ0) is 13.9. The van der Waals surface area contributed by atoms with Gasteiger partial charge in [0, 0.05) is 19.5 Å². The molecule has 5 nitrogen and oxygen atoms in total. The van der Waals surface area contributed by atoms with Crippen molar-refractivity contribution in [3.05, 3.63) is 0 Å². The highest BCUT2D eigenvalue weighted by Crippen LogP contribution is 2.28. The Morgan fingerprint density at radius 2 is 1.79 bits per heavy atom. The van der Waals surface area contributed by atoms with Crippen LogP contribution in [0.4, 0.5) is 0 Å². The molecule has 0 amide bonds. The summed E-state index contributed by atoms with van der Waals surface area (Å²) in [4.78, 5) is 10.7. The number of aliphatic carboxylic acids is 1. The lowest BCUT2D eigenvalue weighted by Gasteiger charge is -2.24. The maximum absolute atomic E-state index is 12.3. The van der Waals surface area contributed by atoms with Gasteiger partial charge in [-0.05, 0) is 31.1 Å². The van der Waals surface area contributed by atoms with Crippen LogP contribution in [-0.4, -0.2) is 42.6 Å². The van der Waals surface area contributed by atoms with Crippen LogP contribution in [0.3, 0.4) is 0 Å². The highest BCUT2D eigenvalue weighted by Gasteiger charge is 2.33. The second-order valence-electron chi connectivity index (χ2n) is 5.89. The zero-order valence-corrected chi connectivity index (χ0v) is 12.1. The first-order valence-corrected chi connectivity index (χ1v) is 8.78. The van der Waals surface area contributed by atoms with Gasteiger partial charge < -0.3 is 5.11 Å². The molecule has 1 atom stereocenters. The predicted molar refractivity (Wildman–Crippen MR) is 72.3 cm³/mol. The number of hydrogen-bond donors (Lipinski definition) is 1. The summed E-state index contributed by atoms with van der Waals surface area (Å²) in [5, 5.41) is 8.76. The smallest absolute Gasteiger partial charge is 0.303 e. The minimum Gasteiger partial charge on any atom is -0.481 e. The minimum atomic E-state index is -3.19. The fourth-order valence-electron chi connectivity index (χ4n) is 3.22. The molecule has 1 N–H and O–H groups in total. The summed E-state index contributed by atoms with van der Waals surface area (Å²) < 4.78 is 26.1. The maximum Gasteiger partial charge on any atom is 0.303 e. The van der Waals surface area contributed by atoms with Crippen molar-refractivity contribution in [2.45, 2.75) is 44.9 Å². The molecule has 0 radical (unpaired) electrons. The lowest BCUT2D eigenvalue weighted by Crippen LogP contribution is -2.34. The van der Waals surface area contributed by atoms with E-state index in [2.05, 4.69) is 0 Å². The Balaban J connectivity index is 1.87. The largest absolute Gasteiger partial charge is 0.481 e. The van der Waals surface area contributed by atoms with Crippen molar-refractivity contribution >= 4 is 16.0 Å². The van der Waals surface area contributed by atoms with Gasteiger partial charge >= 0.3 is 5.97 Å². The van der Waals surface area contributed by atoms with Crippen molar-refractivity contribution < 1.29 is 18.3 Å². The summed E-state index contributed by atoms with van der Waals surface area (Å²) in [5.74, 6) is -0.292. The number of carboxylic acid groups (broad SMARTS) is 1. The molecule has 0 aromatic heterocycles. The van der Waals surface area contributed by atoms with Gasteiger partial charge in [0.1, 0.15) is 0 Å². The quantitative estimate of drug-likeness (QED) is 0.836. The molecular weight excluding hydrogens is 266 g/mol. The first-order chi connectivity index (χ1) is 8.97. The average molecular weight is 289 g/mol. The van der Waals surface area contributed by atoms with Crippen LogP contribution in [0.25, 0.3) is 0 Å². The Labute approximate surface area is 115 Å². The zero-order valence-electron chi connectivity index (χ0n) is 11.3. The van der Waals surface area contributed by atoms with Gasteiger partial charge in [0.05, 0.1) is 5.75 Å². The molecule has 0 aromatic carbocycles. The fraction of sp³-hybridized carbons (Fsp3) is 0.923. The van der Waals surface area contributed by atoms with E-state index in [9.17, 15) is 13.2 Å². The van der Waals surface area contributed by atoms with Gasteiger partial charge in [-0.2, -0.15) is 0 Å². The molecule has 1 saturated carbocycles. The van der Waals surface area contributed by atoms with Gasteiger partial charge in [0.25, 0.3) is 0 Å². The van der Waals surface area contributed by atoms with Crippen LogP contribution < -0.4 is 0 Å². The number of carbonyl (C=O) groups is 1. The summed E-state index contributed by atoms with van der Waals surface area (Å²) in [6, 6.07) is 0. The standard InChI is InChI=1S/C13H23NO4S/c15-13(16)8-12-6-7-14(9-12)19(17,18)10-11-4-2-1-3-5-11/h11-12H,1-10H2,(H,15,16). The molecule has 1 saturated heterocycles. The number of sulfonamides is 1. The first kappa shape index (κ1) is 14.8. The van der Waals surface area contributed by atoms with E-state index in [0.29, 0.717) is 25.4 Å². The van der Waals surface area contributed by atoms with Crippen LogP contribution in [0, 0.1) is 11.8 Å². The van der Waals surface area contributed by atoms with Crippen LogP contribution >= 0.6 is 0 Å². The molecule has 110 valence electrons. The number of carboxylic acids is 1. The normalized spacial score (nSPS) is 26.6. The van der Waals surface area contributed by atoms with Gasteiger partial charge in [-0.3, -0.25) is 4.79 Å². The Hall–Kier alpha value is -0.620. The lowest BCUT2D eigenvalue weighted by atomic mass is 9.91. The summed E-state index contributed by atoms with van der Waals surface area (Å²) in [5.41, 5.74) is 0. The van der Waals surface area contributed by atoms with Crippen molar-refractivity contribution in [2.75, 3.05) is 18.8 Å². The SMILES string of the molecule is O=C(O)CC1CCN(S(=O)(=O)CC2CCCCC2)C1. The summed E-state index contributed by atoms with van der Waals surface area (Å²) >= 11 is 0. The van der Waals surface area contributed by atoms with Crippen molar-refractivity contribution in [3.8, 4) is 0 Å². The molecule has 2 aliphatic rings. The van der Waals surface area contributed by atoms with E-state index in [4.69, 9.17) is 5.11 Å². The third-order valence-electron chi connectivity index (χ3n) is 4.28. The number of nitrogens with zero attached hydrogens (tertiary/aromatic N) is 1. The van der Waals surface area contributed by atoms with Gasteiger partial charge in [0.2, 0.25) is 10.0 Å². The fourth-order valence-corrected chi connectivity index (χ4v) is 5.18. The molecule has 0 spiro atoms. The van der Waals surface area contributed by atoms with Crippen LogP contribution in [0.15, 0.2) is 0 Å². The van der Waals surface area contributed by atoms with Crippen LogP contribution in [0.1, 0.15) is 44.9 Å². The Bertz CT molecular complexity index is 414. The molecule has 2 fully saturated rings. The second-order valence-corrected chi connectivity index (χ2v) is 7.91. The van der Waals surface area contributed by atoms with Gasteiger partial charge in [-0.1, -0.05) is 19.3 Å². The van der Waals surface area contributed by atoms with Crippen molar-refractivity contribution in [1.82, 2.24) is 4.31 Å². The summed E-state index contributed by atoms with van der Waals surface area (Å²) in [6.07, 6.45) is 6.30. The highest BCUT2D eigenvalue weighted by atomic mass is 32.2. The Kier molecular flexibility index (Phi) is 4.84. The third-order valence-corrected chi connectivity index (χ3v) is 6.29. The van der Waals surface area contributed by atoms with Gasteiger partial charge in [-0.15, -0.1) is 0 Å². The molecule has 0 aromatic rings. The number of hydrogen-bond acceptors (Lipinski definition) is 3. The van der Waals surface area contributed by atoms with Crippen LogP contribution in [0.5, 0.6) is 0 Å². The molecule has 2 rings (SSSR count). The molecule has 1 unspecified atom stereocenters. The maximum atomic E-state index is 12.3. The van der Waals surface area contributed by atoms with Crippen molar-refractivity contribution in [3.63, 3.8) is 0 Å². The molecule has 6 heteroatoms. The van der Waals surface area contributed by atoms with Crippen LogP contribution in [0.2, 0.25) is 0 Å². The Morgan fingerprint density at radius 1 is 1.11 bits per heavy atom. The molecule has 19 heavy (non-hydrogen) atoms. The van der Waals surface area contributed by atoms with Gasteiger partial charge in [0.15, 0.2) is 0 Å².